The second-order valence-corrected chi connectivity index (χ2v) is 2.18. The van der Waals surface area contributed by atoms with Gasteiger partial charge in [-0.05, 0) is 36.5 Å². The number of thiocarbonyl (C=S) groups is 1. The normalized spacial score (nSPS) is 8.45. The molecule has 0 bridgehead atoms. The Morgan fingerprint density at radius 2 is 2.00 bits per heavy atom. The van der Waals surface area contributed by atoms with Crippen LogP contribution < -0.4 is 5.32 Å². The summed E-state index contributed by atoms with van der Waals surface area (Å²) in [6, 6.07) is 7.63. The summed E-state index contributed by atoms with van der Waals surface area (Å²) in [6.07, 6.45) is 0. The molecule has 56 valence electrons. The van der Waals surface area contributed by atoms with Gasteiger partial charge in [0.15, 0.2) is 0 Å². The number of anilines is 1. The first-order chi connectivity index (χ1) is 5.36. The van der Waals surface area contributed by atoms with E-state index in [1.165, 1.54) is 0 Å². The topological polar surface area (TPSA) is 24.4 Å². The van der Waals surface area contributed by atoms with E-state index in [1.54, 1.807) is 0 Å². The molecule has 0 aromatic heterocycles. The molecule has 3 heteroatoms. The lowest BCUT2D eigenvalue weighted by atomic mass is 10.3. The molecular formula is C8H8N2S. The molecule has 0 heterocycles. The predicted octanol–water partition coefficient (Wildman–Crippen LogP) is 2.46. The molecule has 0 amide bonds. The molecule has 0 saturated heterocycles. The van der Waals surface area contributed by atoms with Gasteiger partial charge in [0.25, 0.3) is 0 Å². The monoisotopic (exact) mass is 164 g/mol. The molecule has 11 heavy (non-hydrogen) atoms. The minimum absolute atomic E-state index is 0.832. The number of hydrogen-bond acceptors (Lipinski definition) is 3. The van der Waals surface area contributed by atoms with E-state index in [4.69, 9.17) is 0 Å². The molecule has 0 fully saturated rings. The number of isothiocyanates is 1. The highest BCUT2D eigenvalue weighted by molar-refractivity contribution is 7.78. The molecule has 1 aromatic rings. The Morgan fingerprint density at radius 1 is 1.36 bits per heavy atom. The molecule has 0 spiro atoms. The van der Waals surface area contributed by atoms with Crippen LogP contribution in [0.1, 0.15) is 0 Å². The van der Waals surface area contributed by atoms with E-state index >= 15 is 0 Å². The van der Waals surface area contributed by atoms with Crippen molar-refractivity contribution in [2.45, 2.75) is 0 Å². The van der Waals surface area contributed by atoms with Crippen LogP contribution in [-0.4, -0.2) is 12.2 Å². The van der Waals surface area contributed by atoms with Crippen LogP contribution in [-0.2, 0) is 0 Å². The van der Waals surface area contributed by atoms with Crippen LogP contribution in [0, 0.1) is 0 Å². The van der Waals surface area contributed by atoms with Crippen LogP contribution in [0.2, 0.25) is 0 Å². The molecule has 0 saturated carbocycles. The van der Waals surface area contributed by atoms with Crippen LogP contribution in [0.15, 0.2) is 29.3 Å². The summed E-state index contributed by atoms with van der Waals surface area (Å²) in [6.45, 7) is 0. The molecule has 0 aliphatic carbocycles. The fourth-order valence-corrected chi connectivity index (χ4v) is 0.861. The summed E-state index contributed by atoms with van der Waals surface area (Å²) >= 11 is 4.46. The molecule has 2 nitrogen and oxygen atoms in total. The molecule has 0 radical (unpaired) electrons. The standard InChI is InChI=1S/C8H8N2S/c1-9-7-2-4-8(5-3-7)10-6-11/h2-5,9H,1H3. The van der Waals surface area contributed by atoms with Gasteiger partial charge < -0.3 is 5.32 Å². The summed E-state index contributed by atoms with van der Waals surface area (Å²) in [5, 5.41) is 5.32. The Labute approximate surface area is 71.0 Å². The number of aliphatic imine (C=N–C) groups is 1. The number of benzene rings is 1. The SMILES string of the molecule is CNc1ccc(N=C=S)cc1. The van der Waals surface area contributed by atoms with Gasteiger partial charge in [-0.1, -0.05) is 0 Å². The van der Waals surface area contributed by atoms with Crippen LogP contribution >= 0.6 is 12.2 Å². The zero-order chi connectivity index (χ0) is 8.10. The van der Waals surface area contributed by atoms with Crippen molar-refractivity contribution in [2.24, 2.45) is 4.99 Å². The van der Waals surface area contributed by atoms with E-state index in [-0.39, 0.29) is 0 Å². The van der Waals surface area contributed by atoms with Crippen LogP contribution in [0.3, 0.4) is 0 Å². The molecule has 0 aliphatic heterocycles. The zero-order valence-electron chi connectivity index (χ0n) is 6.16. The summed E-state index contributed by atoms with van der Waals surface area (Å²) < 4.78 is 0. The second-order valence-electron chi connectivity index (χ2n) is 2.00. The van der Waals surface area contributed by atoms with Crippen molar-refractivity contribution in [2.75, 3.05) is 12.4 Å². The number of nitrogens with one attached hydrogen (secondary N) is 1. The molecule has 0 unspecified atom stereocenters. The summed E-state index contributed by atoms with van der Waals surface area (Å²) in [5.41, 5.74) is 1.90. The summed E-state index contributed by atoms with van der Waals surface area (Å²) in [5.74, 6) is 0. The van der Waals surface area contributed by atoms with E-state index in [0.29, 0.717) is 0 Å². The molecule has 1 aromatic carbocycles. The third-order valence-electron chi connectivity index (χ3n) is 1.33. The van der Waals surface area contributed by atoms with Gasteiger partial charge in [0, 0.05) is 12.7 Å². The van der Waals surface area contributed by atoms with Gasteiger partial charge in [-0.15, -0.1) is 0 Å². The molecule has 1 rings (SSSR count). The fourth-order valence-electron chi connectivity index (χ4n) is 0.755. The lowest BCUT2D eigenvalue weighted by molar-refractivity contribution is 1.48. The summed E-state index contributed by atoms with van der Waals surface area (Å²) in [4.78, 5) is 3.82. The van der Waals surface area contributed by atoms with Gasteiger partial charge in [0.05, 0.1) is 10.8 Å². The van der Waals surface area contributed by atoms with E-state index in [0.717, 1.165) is 11.4 Å². The third kappa shape index (κ3) is 2.15. The van der Waals surface area contributed by atoms with Crippen LogP contribution in [0.5, 0.6) is 0 Å². The zero-order valence-corrected chi connectivity index (χ0v) is 6.98. The Bertz CT molecular complexity index is 273. The third-order valence-corrected chi connectivity index (χ3v) is 1.42. The highest BCUT2D eigenvalue weighted by atomic mass is 32.1. The van der Waals surface area contributed by atoms with Crippen molar-refractivity contribution >= 4 is 28.8 Å². The largest absolute Gasteiger partial charge is 0.388 e. The van der Waals surface area contributed by atoms with Gasteiger partial charge in [-0.2, -0.15) is 4.99 Å². The maximum Gasteiger partial charge on any atom is 0.0741 e. The lowest BCUT2D eigenvalue weighted by Crippen LogP contribution is -1.84. The molecule has 1 N–H and O–H groups in total. The fraction of sp³-hybridized carbons (Fsp3) is 0.125. The number of hydrogen-bond donors (Lipinski definition) is 1. The highest BCUT2D eigenvalue weighted by Crippen LogP contribution is 2.14. The minimum atomic E-state index is 0.832. The maximum absolute atomic E-state index is 4.46. The quantitative estimate of drug-likeness (QED) is 0.536. The van der Waals surface area contributed by atoms with Gasteiger partial charge in [-0.25, -0.2) is 0 Å². The Kier molecular flexibility index (Phi) is 2.78. The van der Waals surface area contributed by atoms with Gasteiger partial charge >= 0.3 is 0 Å². The Hall–Kier alpha value is -1.18. The lowest BCUT2D eigenvalue weighted by Gasteiger charge is -1.97. The van der Waals surface area contributed by atoms with E-state index in [9.17, 15) is 0 Å². The first-order valence-electron chi connectivity index (χ1n) is 3.22. The maximum atomic E-state index is 4.46. The van der Waals surface area contributed by atoms with Crippen molar-refractivity contribution in [1.29, 1.82) is 0 Å². The average Bonchev–Trinajstić information content (AvgIpc) is 2.07. The highest BCUT2D eigenvalue weighted by Gasteiger charge is 1.87. The predicted molar refractivity (Wildman–Crippen MR) is 50.7 cm³/mol. The van der Waals surface area contributed by atoms with Gasteiger partial charge in [-0.3, -0.25) is 0 Å². The van der Waals surface area contributed by atoms with Crippen molar-refractivity contribution in [3.8, 4) is 0 Å². The Balaban J connectivity index is 2.91. The summed E-state index contributed by atoms with van der Waals surface area (Å²) in [7, 11) is 1.87. The van der Waals surface area contributed by atoms with Crippen molar-refractivity contribution in [3.05, 3.63) is 24.3 Å². The van der Waals surface area contributed by atoms with Crippen molar-refractivity contribution < 1.29 is 0 Å². The smallest absolute Gasteiger partial charge is 0.0741 e. The van der Waals surface area contributed by atoms with Crippen molar-refractivity contribution in [1.82, 2.24) is 0 Å². The minimum Gasteiger partial charge on any atom is -0.388 e. The van der Waals surface area contributed by atoms with Crippen LogP contribution in [0.25, 0.3) is 0 Å². The number of rotatable bonds is 2. The Morgan fingerprint density at radius 3 is 2.45 bits per heavy atom. The molecule has 0 atom stereocenters. The van der Waals surface area contributed by atoms with E-state index in [1.807, 2.05) is 31.3 Å². The first-order valence-corrected chi connectivity index (χ1v) is 3.63. The van der Waals surface area contributed by atoms with Gasteiger partial charge in [0.2, 0.25) is 0 Å². The van der Waals surface area contributed by atoms with Gasteiger partial charge in [0.1, 0.15) is 0 Å². The average molecular weight is 164 g/mol. The van der Waals surface area contributed by atoms with E-state index < -0.39 is 0 Å². The first kappa shape index (κ1) is 7.92. The number of nitrogens with zero attached hydrogens (tertiary/aromatic N) is 1. The van der Waals surface area contributed by atoms with Crippen molar-refractivity contribution in [3.63, 3.8) is 0 Å². The van der Waals surface area contributed by atoms with E-state index in [2.05, 4.69) is 27.7 Å². The van der Waals surface area contributed by atoms with Crippen LogP contribution in [0.4, 0.5) is 11.4 Å². The molecule has 0 aliphatic rings. The molecular weight excluding hydrogens is 156 g/mol. The second kappa shape index (κ2) is 3.86.